The number of benzene rings is 1. The summed E-state index contributed by atoms with van der Waals surface area (Å²) >= 11 is 0. The lowest BCUT2D eigenvalue weighted by Gasteiger charge is -2.06. The van der Waals surface area contributed by atoms with Gasteiger partial charge in [0.05, 0.1) is 12.2 Å². The van der Waals surface area contributed by atoms with Crippen LogP contribution in [0.15, 0.2) is 36.4 Å². The Kier molecular flexibility index (Phi) is 8.29. The molecule has 9 heteroatoms. The molecule has 0 aliphatic heterocycles. The van der Waals surface area contributed by atoms with E-state index in [9.17, 15) is 9.59 Å². The monoisotopic (exact) mass is 332 g/mol. The molecule has 0 fully saturated rings. The van der Waals surface area contributed by atoms with Crippen LogP contribution in [-0.2, 0) is 20.5 Å². The summed E-state index contributed by atoms with van der Waals surface area (Å²) in [7, 11) is -4.64. The first-order chi connectivity index (χ1) is 10.0. The summed E-state index contributed by atoms with van der Waals surface area (Å²) in [4.78, 5) is 43.6. The zero-order valence-electron chi connectivity index (χ0n) is 11.8. The molecule has 0 heterocycles. The van der Waals surface area contributed by atoms with Crippen LogP contribution >= 0.6 is 7.82 Å². The number of phosphoric acid groups is 1. The van der Waals surface area contributed by atoms with Gasteiger partial charge >= 0.3 is 19.8 Å². The molecule has 122 valence electrons. The molecule has 0 amide bonds. The van der Waals surface area contributed by atoms with Gasteiger partial charge in [-0.05, 0) is 18.6 Å². The molecule has 0 aromatic heterocycles. The Bertz CT molecular complexity index is 581. The number of hydrogen-bond acceptors (Lipinski definition) is 4. The van der Waals surface area contributed by atoms with Crippen molar-refractivity contribution < 1.29 is 38.7 Å². The highest BCUT2D eigenvalue weighted by atomic mass is 31.2. The first kappa shape index (κ1) is 20.0. The number of carboxylic acids is 1. The molecule has 4 N–H and O–H groups in total. The Morgan fingerprint density at radius 2 is 1.73 bits per heavy atom. The second-order valence-electron chi connectivity index (χ2n) is 4.14. The normalized spacial score (nSPS) is 10.2. The van der Waals surface area contributed by atoms with Gasteiger partial charge in [-0.1, -0.05) is 24.8 Å². The number of aromatic carboxylic acids is 1. The molecule has 0 saturated heterocycles. The van der Waals surface area contributed by atoms with E-state index in [1.807, 2.05) is 0 Å². The van der Waals surface area contributed by atoms with Gasteiger partial charge in [0, 0.05) is 12.0 Å². The van der Waals surface area contributed by atoms with Crippen LogP contribution in [0.25, 0.3) is 0 Å². The molecule has 1 rings (SSSR count). The third-order valence-electron chi connectivity index (χ3n) is 2.20. The molecule has 0 unspecified atom stereocenters. The molecule has 8 nitrogen and oxygen atoms in total. The molecule has 0 aliphatic carbocycles. The van der Waals surface area contributed by atoms with Crippen LogP contribution < -0.4 is 0 Å². The minimum atomic E-state index is -4.64. The minimum Gasteiger partial charge on any atom is -0.478 e. The lowest BCUT2D eigenvalue weighted by molar-refractivity contribution is -0.138. The van der Waals surface area contributed by atoms with Gasteiger partial charge in [0.2, 0.25) is 0 Å². The predicted molar refractivity (Wildman–Crippen MR) is 77.1 cm³/mol. The molecule has 0 atom stereocenters. The van der Waals surface area contributed by atoms with Gasteiger partial charge in [-0.3, -0.25) is 0 Å². The number of rotatable bonds is 5. The zero-order valence-corrected chi connectivity index (χ0v) is 12.7. The first-order valence-corrected chi connectivity index (χ1v) is 7.51. The van der Waals surface area contributed by atoms with Crippen molar-refractivity contribution in [1.29, 1.82) is 0 Å². The summed E-state index contributed by atoms with van der Waals surface area (Å²) in [5.74, 6) is -1.44. The van der Waals surface area contributed by atoms with Gasteiger partial charge in [-0.15, -0.1) is 0 Å². The summed E-state index contributed by atoms with van der Waals surface area (Å²) in [6.07, 6.45) is 0.376. The summed E-state index contributed by atoms with van der Waals surface area (Å²) in [6.45, 7) is 5.17. The molecule has 0 saturated carbocycles. The number of esters is 1. The third kappa shape index (κ3) is 9.84. The number of carbonyl (C=O) groups is 2. The fourth-order valence-corrected chi connectivity index (χ4v) is 1.32. The molecular weight excluding hydrogens is 315 g/mol. The zero-order chi connectivity index (χ0) is 17.3. The topological polar surface area (TPSA) is 141 Å². The van der Waals surface area contributed by atoms with E-state index in [4.69, 9.17) is 29.1 Å². The maximum Gasteiger partial charge on any atom is 0.466 e. The molecule has 0 spiro atoms. The van der Waals surface area contributed by atoms with Crippen molar-refractivity contribution in [3.63, 3.8) is 0 Å². The second kappa shape index (κ2) is 9.11. The van der Waals surface area contributed by atoms with E-state index in [0.29, 0.717) is 17.6 Å². The van der Waals surface area contributed by atoms with E-state index in [0.717, 1.165) is 0 Å². The molecule has 0 aliphatic rings. The number of carbonyl (C=O) groups excluding carboxylic acids is 1. The molecular formula is C13H17O8P. The maximum absolute atomic E-state index is 11.1. The van der Waals surface area contributed by atoms with Gasteiger partial charge in [0.15, 0.2) is 0 Å². The van der Waals surface area contributed by atoms with Crippen LogP contribution in [0.5, 0.6) is 0 Å². The van der Waals surface area contributed by atoms with Crippen molar-refractivity contribution >= 4 is 19.8 Å². The smallest absolute Gasteiger partial charge is 0.466 e. The standard InChI is InChI=1S/C13H14O4.H3O4P/c1-9(2)13(16)17-8-7-10-5-3-4-6-11(10)12(14)15;1-5(2,3)4/h3-6H,1,7-8H2,2H3,(H,14,15);(H3,1,2,3,4). The molecule has 0 radical (unpaired) electrons. The van der Waals surface area contributed by atoms with Crippen LogP contribution in [0.4, 0.5) is 0 Å². The van der Waals surface area contributed by atoms with Crippen LogP contribution in [-0.4, -0.2) is 38.3 Å². The lowest BCUT2D eigenvalue weighted by atomic mass is 10.1. The molecule has 0 bridgehead atoms. The average Bonchev–Trinajstić information content (AvgIpc) is 2.36. The fourth-order valence-electron chi connectivity index (χ4n) is 1.32. The highest BCUT2D eigenvalue weighted by molar-refractivity contribution is 7.45. The van der Waals surface area contributed by atoms with E-state index >= 15 is 0 Å². The largest absolute Gasteiger partial charge is 0.478 e. The predicted octanol–water partition coefficient (Wildman–Crippen LogP) is 1.12. The summed E-state index contributed by atoms with van der Waals surface area (Å²) in [5.41, 5.74) is 1.21. The van der Waals surface area contributed by atoms with Gasteiger partial charge in [-0.25, -0.2) is 14.2 Å². The number of ether oxygens (including phenoxy) is 1. The van der Waals surface area contributed by atoms with E-state index in [-0.39, 0.29) is 12.2 Å². The third-order valence-corrected chi connectivity index (χ3v) is 2.20. The van der Waals surface area contributed by atoms with Crippen LogP contribution in [0.2, 0.25) is 0 Å². The summed E-state index contributed by atoms with van der Waals surface area (Å²) in [5, 5.41) is 8.94. The van der Waals surface area contributed by atoms with Crippen molar-refractivity contribution in [3.05, 3.63) is 47.5 Å². The Morgan fingerprint density at radius 3 is 2.18 bits per heavy atom. The van der Waals surface area contributed by atoms with Crippen molar-refractivity contribution in [3.8, 4) is 0 Å². The van der Waals surface area contributed by atoms with E-state index < -0.39 is 19.8 Å². The summed E-state index contributed by atoms with van der Waals surface area (Å²) in [6, 6.07) is 6.64. The minimum absolute atomic E-state index is 0.149. The number of hydrogen-bond donors (Lipinski definition) is 4. The molecule has 22 heavy (non-hydrogen) atoms. The number of carboxylic acid groups (broad SMARTS) is 1. The van der Waals surface area contributed by atoms with Crippen LogP contribution in [0.3, 0.4) is 0 Å². The summed E-state index contributed by atoms with van der Waals surface area (Å²) < 4.78 is 13.8. The maximum atomic E-state index is 11.1. The van der Waals surface area contributed by atoms with Crippen molar-refractivity contribution in [2.24, 2.45) is 0 Å². The van der Waals surface area contributed by atoms with E-state index in [1.54, 1.807) is 25.1 Å². The second-order valence-corrected chi connectivity index (χ2v) is 5.17. The SMILES string of the molecule is C=C(C)C(=O)OCCc1ccccc1C(=O)O.O=P(O)(O)O. The Labute approximate surface area is 126 Å². The van der Waals surface area contributed by atoms with Gasteiger partial charge in [0.25, 0.3) is 0 Å². The van der Waals surface area contributed by atoms with Crippen molar-refractivity contribution in [1.82, 2.24) is 0 Å². The van der Waals surface area contributed by atoms with Crippen LogP contribution in [0, 0.1) is 0 Å². The Hall–Kier alpha value is -1.99. The Morgan fingerprint density at radius 1 is 1.23 bits per heavy atom. The van der Waals surface area contributed by atoms with Gasteiger partial charge < -0.3 is 24.5 Å². The average molecular weight is 332 g/mol. The van der Waals surface area contributed by atoms with Crippen LogP contribution in [0.1, 0.15) is 22.8 Å². The quantitative estimate of drug-likeness (QED) is 0.357. The molecule has 1 aromatic rings. The Balaban J connectivity index is 0.000000763. The lowest BCUT2D eigenvalue weighted by Crippen LogP contribution is -2.10. The van der Waals surface area contributed by atoms with Crippen molar-refractivity contribution in [2.75, 3.05) is 6.61 Å². The first-order valence-electron chi connectivity index (χ1n) is 5.94. The highest BCUT2D eigenvalue weighted by Gasteiger charge is 2.09. The molecule has 1 aromatic carbocycles. The van der Waals surface area contributed by atoms with Gasteiger partial charge in [-0.2, -0.15) is 0 Å². The fraction of sp³-hybridized carbons (Fsp3) is 0.231. The van der Waals surface area contributed by atoms with E-state index in [2.05, 4.69) is 6.58 Å². The van der Waals surface area contributed by atoms with E-state index in [1.165, 1.54) is 6.07 Å². The van der Waals surface area contributed by atoms with Gasteiger partial charge in [0.1, 0.15) is 0 Å². The van der Waals surface area contributed by atoms with Crippen molar-refractivity contribution in [2.45, 2.75) is 13.3 Å². The highest BCUT2D eigenvalue weighted by Crippen LogP contribution is 2.25.